The van der Waals surface area contributed by atoms with Gasteiger partial charge in [-0.05, 0) is 71.9 Å². The summed E-state index contributed by atoms with van der Waals surface area (Å²) in [6, 6.07) is 8.45. The summed E-state index contributed by atoms with van der Waals surface area (Å²) >= 11 is 0. The molecule has 1 fully saturated rings. The second-order valence-electron chi connectivity index (χ2n) is 8.63. The van der Waals surface area contributed by atoms with E-state index in [4.69, 9.17) is 0 Å². The van der Waals surface area contributed by atoms with Crippen LogP contribution in [0.25, 0.3) is 5.57 Å². The van der Waals surface area contributed by atoms with Crippen LogP contribution in [0, 0.1) is 17.6 Å². The molecule has 0 aliphatic heterocycles. The zero-order valence-corrected chi connectivity index (χ0v) is 17.6. The van der Waals surface area contributed by atoms with E-state index in [0.717, 1.165) is 42.0 Å². The highest BCUT2D eigenvalue weighted by Gasteiger charge is 2.35. The van der Waals surface area contributed by atoms with Crippen molar-refractivity contribution < 1.29 is 31.1 Å². The van der Waals surface area contributed by atoms with Crippen LogP contribution in [-0.2, 0) is 12.8 Å². The lowest BCUT2D eigenvalue weighted by Crippen LogP contribution is -2.24. The summed E-state index contributed by atoms with van der Waals surface area (Å²) in [6.07, 6.45) is -0.697. The summed E-state index contributed by atoms with van der Waals surface area (Å²) in [5.74, 6) is -3.80. The number of fused-ring (bicyclic) bond motifs is 1. The van der Waals surface area contributed by atoms with Gasteiger partial charge in [0.05, 0.1) is 0 Å². The zero-order valence-electron chi connectivity index (χ0n) is 17.6. The minimum Gasteiger partial charge on any atom is -0.399 e. The maximum absolute atomic E-state index is 14.6. The fourth-order valence-electron chi connectivity index (χ4n) is 4.89. The first-order valence-electron chi connectivity index (χ1n) is 10.8. The molecule has 7 heteroatoms. The lowest BCUT2D eigenvalue weighted by Gasteiger charge is -2.31. The Labute approximate surface area is 183 Å². The van der Waals surface area contributed by atoms with Crippen LogP contribution in [0.1, 0.15) is 60.8 Å². The second-order valence-corrected chi connectivity index (χ2v) is 8.63. The molecule has 0 heterocycles. The first-order chi connectivity index (χ1) is 15.2. The number of alkyl halides is 4. The van der Waals surface area contributed by atoms with Crippen LogP contribution >= 0.6 is 0 Å². The Morgan fingerprint density at radius 3 is 2.41 bits per heavy atom. The average molecular weight is 454 g/mol. The van der Waals surface area contributed by atoms with Crippen LogP contribution in [0.5, 0.6) is 5.75 Å². The number of rotatable bonds is 4. The van der Waals surface area contributed by atoms with E-state index in [2.05, 4.69) is 11.7 Å². The lowest BCUT2D eigenvalue weighted by atomic mass is 9.76. The quantitative estimate of drug-likeness (QED) is 0.431. The summed E-state index contributed by atoms with van der Waals surface area (Å²) in [4.78, 5) is 0. The van der Waals surface area contributed by atoms with Crippen molar-refractivity contribution in [2.75, 3.05) is 0 Å². The van der Waals surface area contributed by atoms with E-state index in [1.54, 1.807) is 6.08 Å². The first-order valence-corrected chi connectivity index (χ1v) is 10.8. The summed E-state index contributed by atoms with van der Waals surface area (Å²) in [6.45, 7) is 2.09. The van der Waals surface area contributed by atoms with E-state index in [0.29, 0.717) is 12.3 Å². The van der Waals surface area contributed by atoms with Gasteiger partial charge < -0.3 is 4.74 Å². The van der Waals surface area contributed by atoms with Crippen LogP contribution < -0.4 is 4.74 Å². The van der Waals surface area contributed by atoms with Crippen molar-refractivity contribution >= 4 is 5.57 Å². The molecule has 0 radical (unpaired) electrons. The molecule has 4 rings (SSSR count). The molecule has 2 aliphatic rings. The van der Waals surface area contributed by atoms with Gasteiger partial charge in [-0.3, -0.25) is 0 Å². The molecule has 0 amide bonds. The number of halogens is 6. The molecule has 0 aromatic heterocycles. The van der Waals surface area contributed by atoms with Crippen molar-refractivity contribution in [1.82, 2.24) is 0 Å². The van der Waals surface area contributed by atoms with Crippen LogP contribution in [0.4, 0.5) is 26.3 Å². The van der Waals surface area contributed by atoms with Crippen LogP contribution in [0.15, 0.2) is 36.4 Å². The molecule has 1 nitrogen and oxygen atoms in total. The van der Waals surface area contributed by atoms with E-state index < -0.39 is 29.9 Å². The Bertz CT molecular complexity index is 1010. The third-order valence-electron chi connectivity index (χ3n) is 6.69. The van der Waals surface area contributed by atoms with Gasteiger partial charge in [-0.1, -0.05) is 43.7 Å². The fraction of sp³-hybridized carbons (Fsp3) is 0.440. The smallest absolute Gasteiger partial charge is 0.399 e. The minimum atomic E-state index is -5.18. The summed E-state index contributed by atoms with van der Waals surface area (Å²) < 4.78 is 84.2. The predicted octanol–water partition coefficient (Wildman–Crippen LogP) is 7.68. The van der Waals surface area contributed by atoms with E-state index in [1.807, 2.05) is 24.3 Å². The molecule has 32 heavy (non-hydrogen) atoms. The van der Waals surface area contributed by atoms with Crippen molar-refractivity contribution in [2.45, 2.75) is 63.9 Å². The van der Waals surface area contributed by atoms with E-state index in [-0.39, 0.29) is 29.9 Å². The van der Waals surface area contributed by atoms with Gasteiger partial charge >= 0.3 is 6.36 Å². The highest BCUT2D eigenvalue weighted by Crippen LogP contribution is 2.40. The van der Waals surface area contributed by atoms with Crippen molar-refractivity contribution in [2.24, 2.45) is 5.92 Å². The molecule has 0 bridgehead atoms. The standard InChI is InChI=1S/C25H24F6O/c1-2-14-3-9-19(21(26)11-14)16-6-4-15(5-7-16)17-8-10-20-18(12-17)13-22(27)24(23(20)28)32-25(29,30)31/h4-8,13-14,19,21H,2-3,9-12H2,1H3. The third-order valence-corrected chi connectivity index (χ3v) is 6.69. The third kappa shape index (κ3) is 4.66. The Morgan fingerprint density at radius 1 is 1.06 bits per heavy atom. The van der Waals surface area contributed by atoms with Crippen molar-refractivity contribution in [3.8, 4) is 5.75 Å². The molecule has 1 saturated carbocycles. The summed E-state index contributed by atoms with van der Waals surface area (Å²) in [7, 11) is 0. The summed E-state index contributed by atoms with van der Waals surface area (Å²) in [5, 5.41) is 0. The molecular weight excluding hydrogens is 430 g/mol. The normalized spacial score (nSPS) is 23.5. The fourth-order valence-corrected chi connectivity index (χ4v) is 4.89. The Hall–Kier alpha value is -2.44. The lowest BCUT2D eigenvalue weighted by molar-refractivity contribution is -0.276. The molecule has 2 aromatic carbocycles. The average Bonchev–Trinajstić information content (AvgIpc) is 2.75. The molecule has 3 atom stereocenters. The Kier molecular flexibility index (Phi) is 6.28. The van der Waals surface area contributed by atoms with Gasteiger partial charge in [0.25, 0.3) is 0 Å². The molecule has 3 unspecified atom stereocenters. The first kappa shape index (κ1) is 22.7. The molecule has 2 aliphatic carbocycles. The van der Waals surface area contributed by atoms with E-state index in [9.17, 15) is 26.3 Å². The number of hydrogen-bond acceptors (Lipinski definition) is 1. The molecule has 2 aromatic rings. The number of benzene rings is 2. The van der Waals surface area contributed by atoms with Crippen LogP contribution in [0.3, 0.4) is 0 Å². The molecule has 0 N–H and O–H groups in total. The monoisotopic (exact) mass is 454 g/mol. The largest absolute Gasteiger partial charge is 0.573 e. The van der Waals surface area contributed by atoms with Gasteiger partial charge in [-0.2, -0.15) is 0 Å². The number of allylic oxidation sites excluding steroid dienone is 2. The van der Waals surface area contributed by atoms with Crippen molar-refractivity contribution in [1.29, 1.82) is 0 Å². The van der Waals surface area contributed by atoms with Gasteiger partial charge in [0.1, 0.15) is 6.17 Å². The Balaban J connectivity index is 1.52. The number of ether oxygens (including phenoxy) is 1. The zero-order chi connectivity index (χ0) is 23.0. The van der Waals surface area contributed by atoms with Gasteiger partial charge in [0, 0.05) is 5.92 Å². The number of hydrogen-bond donors (Lipinski definition) is 0. The van der Waals surface area contributed by atoms with Gasteiger partial charge in [0.2, 0.25) is 5.75 Å². The molecule has 0 spiro atoms. The molecule has 0 saturated heterocycles. The van der Waals surface area contributed by atoms with Gasteiger partial charge in [-0.25, -0.2) is 13.2 Å². The summed E-state index contributed by atoms with van der Waals surface area (Å²) in [5.41, 5.74) is 2.89. The highest BCUT2D eigenvalue weighted by molar-refractivity contribution is 5.71. The SMILES string of the molecule is CCC1CCC(c2ccc(C3=CCc4c(cc(F)c(OC(F)(F)F)c4F)C3)cc2)C(F)C1. The maximum Gasteiger partial charge on any atom is 0.573 e. The van der Waals surface area contributed by atoms with E-state index >= 15 is 0 Å². The van der Waals surface area contributed by atoms with Crippen molar-refractivity contribution in [3.05, 3.63) is 70.3 Å². The van der Waals surface area contributed by atoms with Crippen LogP contribution in [-0.4, -0.2) is 12.5 Å². The second kappa shape index (κ2) is 8.83. The predicted molar refractivity (Wildman–Crippen MR) is 110 cm³/mol. The van der Waals surface area contributed by atoms with Gasteiger partial charge in [-0.15, -0.1) is 13.2 Å². The van der Waals surface area contributed by atoms with Gasteiger partial charge in [0.15, 0.2) is 11.6 Å². The molecular formula is C25H24F6O. The van der Waals surface area contributed by atoms with Crippen LogP contribution in [0.2, 0.25) is 0 Å². The Morgan fingerprint density at radius 2 is 1.78 bits per heavy atom. The molecule has 172 valence electrons. The van der Waals surface area contributed by atoms with Crippen molar-refractivity contribution in [3.63, 3.8) is 0 Å². The maximum atomic E-state index is 14.6. The van der Waals surface area contributed by atoms with E-state index in [1.165, 1.54) is 0 Å². The highest BCUT2D eigenvalue weighted by atomic mass is 19.4. The minimum absolute atomic E-state index is 0.000949. The topological polar surface area (TPSA) is 9.23 Å².